The van der Waals surface area contributed by atoms with Gasteiger partial charge in [0.15, 0.2) is 0 Å². The highest BCUT2D eigenvalue weighted by atomic mass is 32.1. The molecule has 0 aromatic carbocycles. The van der Waals surface area contributed by atoms with Gasteiger partial charge in [0.25, 0.3) is 0 Å². The Balaban J connectivity index is 1.57. The van der Waals surface area contributed by atoms with Crippen LogP contribution in [0.2, 0.25) is 0 Å². The maximum atomic E-state index is 12.6. The maximum absolute atomic E-state index is 12.6. The summed E-state index contributed by atoms with van der Waals surface area (Å²) in [7, 11) is 0. The van der Waals surface area contributed by atoms with Crippen LogP contribution in [0.25, 0.3) is 0 Å². The maximum Gasteiger partial charge on any atom is 0.230 e. The minimum Gasteiger partial charge on any atom is -0.342 e. The van der Waals surface area contributed by atoms with Gasteiger partial charge in [0.2, 0.25) is 11.8 Å². The van der Waals surface area contributed by atoms with E-state index in [9.17, 15) is 9.59 Å². The van der Waals surface area contributed by atoms with E-state index in [1.54, 1.807) is 22.3 Å². The fourth-order valence-electron chi connectivity index (χ4n) is 3.12. The molecule has 2 amide bonds. The van der Waals surface area contributed by atoms with E-state index in [1.807, 2.05) is 24.4 Å². The van der Waals surface area contributed by atoms with E-state index in [-0.39, 0.29) is 17.7 Å². The molecule has 7 heteroatoms. The molecule has 26 heavy (non-hydrogen) atoms. The molecule has 1 atom stereocenters. The van der Waals surface area contributed by atoms with Crippen molar-refractivity contribution < 1.29 is 9.59 Å². The lowest BCUT2D eigenvalue weighted by molar-refractivity contribution is -0.134. The first kappa shape index (κ1) is 18.5. The van der Waals surface area contributed by atoms with Crippen LogP contribution in [0.1, 0.15) is 36.2 Å². The number of thiazole rings is 1. The third-order valence-electron chi connectivity index (χ3n) is 4.52. The summed E-state index contributed by atoms with van der Waals surface area (Å²) in [6, 6.07) is 5.54. The number of aromatic nitrogens is 2. The molecule has 0 radical (unpaired) electrons. The van der Waals surface area contributed by atoms with Crippen molar-refractivity contribution in [2.75, 3.05) is 18.4 Å². The van der Waals surface area contributed by atoms with E-state index >= 15 is 0 Å². The van der Waals surface area contributed by atoms with E-state index in [1.165, 1.54) is 0 Å². The van der Waals surface area contributed by atoms with E-state index in [4.69, 9.17) is 0 Å². The van der Waals surface area contributed by atoms with Crippen LogP contribution in [0.5, 0.6) is 0 Å². The van der Waals surface area contributed by atoms with Gasteiger partial charge < -0.3 is 10.2 Å². The van der Waals surface area contributed by atoms with E-state index in [2.05, 4.69) is 22.2 Å². The zero-order chi connectivity index (χ0) is 18.5. The van der Waals surface area contributed by atoms with Gasteiger partial charge in [-0.05, 0) is 38.3 Å². The molecule has 3 rings (SSSR count). The van der Waals surface area contributed by atoms with Gasteiger partial charge in [-0.1, -0.05) is 13.0 Å². The summed E-state index contributed by atoms with van der Waals surface area (Å²) in [6.45, 7) is 5.11. The molecule has 1 unspecified atom stereocenters. The van der Waals surface area contributed by atoms with Crippen LogP contribution < -0.4 is 5.32 Å². The van der Waals surface area contributed by atoms with Crippen LogP contribution in [0.3, 0.4) is 0 Å². The molecule has 2 aromatic rings. The molecule has 138 valence electrons. The third-order valence-corrected chi connectivity index (χ3v) is 5.56. The highest BCUT2D eigenvalue weighted by Gasteiger charge is 2.28. The lowest BCUT2D eigenvalue weighted by atomic mass is 9.96. The third kappa shape index (κ3) is 4.66. The number of carbonyl (C=O) groups excluding carboxylic acids is 2. The monoisotopic (exact) mass is 372 g/mol. The summed E-state index contributed by atoms with van der Waals surface area (Å²) in [5, 5.41) is 5.88. The predicted octanol–water partition coefficient (Wildman–Crippen LogP) is 2.83. The van der Waals surface area contributed by atoms with Crippen molar-refractivity contribution in [1.82, 2.24) is 14.9 Å². The lowest BCUT2D eigenvalue weighted by Crippen LogP contribution is -2.44. The molecule has 1 fully saturated rings. The SMILES string of the molecule is CCc1nc(CC(=O)N2CCCC(C(=O)Nc3cccc(C)n3)C2)cs1. The van der Waals surface area contributed by atoms with Gasteiger partial charge >= 0.3 is 0 Å². The number of anilines is 1. The number of nitrogens with one attached hydrogen (secondary N) is 1. The summed E-state index contributed by atoms with van der Waals surface area (Å²) in [6.07, 6.45) is 2.82. The van der Waals surface area contributed by atoms with E-state index in [0.29, 0.717) is 25.3 Å². The number of carbonyl (C=O) groups is 2. The summed E-state index contributed by atoms with van der Waals surface area (Å²) >= 11 is 1.59. The zero-order valence-corrected chi connectivity index (χ0v) is 16.0. The Hall–Kier alpha value is -2.28. The summed E-state index contributed by atoms with van der Waals surface area (Å²) in [4.78, 5) is 35.7. The normalized spacial score (nSPS) is 17.2. The van der Waals surface area contributed by atoms with Crippen molar-refractivity contribution in [2.45, 2.75) is 39.5 Å². The van der Waals surface area contributed by atoms with Gasteiger partial charge in [-0.3, -0.25) is 9.59 Å². The molecule has 1 aliphatic rings. The smallest absolute Gasteiger partial charge is 0.230 e. The van der Waals surface area contributed by atoms with Gasteiger partial charge in [-0.15, -0.1) is 11.3 Å². The first-order chi connectivity index (χ1) is 12.5. The van der Waals surface area contributed by atoms with E-state index in [0.717, 1.165) is 35.7 Å². The minimum atomic E-state index is -0.198. The van der Waals surface area contributed by atoms with Crippen molar-refractivity contribution in [2.24, 2.45) is 5.92 Å². The Morgan fingerprint density at radius 1 is 1.35 bits per heavy atom. The van der Waals surface area contributed by atoms with Gasteiger partial charge in [0.05, 0.1) is 23.0 Å². The Morgan fingerprint density at radius 2 is 2.19 bits per heavy atom. The molecule has 1 saturated heterocycles. The molecule has 0 saturated carbocycles. The van der Waals surface area contributed by atoms with Crippen molar-refractivity contribution in [3.63, 3.8) is 0 Å². The average Bonchev–Trinajstić information content (AvgIpc) is 3.09. The number of rotatable bonds is 5. The van der Waals surface area contributed by atoms with Crippen LogP contribution in [0.15, 0.2) is 23.6 Å². The Kier molecular flexibility index (Phi) is 5.98. The standard InChI is InChI=1S/C19H24N4O2S/c1-3-17-21-15(12-26-17)10-18(24)23-9-5-7-14(11-23)19(25)22-16-8-4-6-13(2)20-16/h4,6,8,12,14H,3,5,7,9-11H2,1-2H3,(H,20,22,25). The Morgan fingerprint density at radius 3 is 2.92 bits per heavy atom. The average molecular weight is 372 g/mol. The van der Waals surface area contributed by atoms with Gasteiger partial charge in [0.1, 0.15) is 5.82 Å². The van der Waals surface area contributed by atoms with Crippen molar-refractivity contribution in [3.05, 3.63) is 40.0 Å². The number of pyridine rings is 1. The molecule has 6 nitrogen and oxygen atoms in total. The van der Waals surface area contributed by atoms with E-state index < -0.39 is 0 Å². The van der Waals surface area contributed by atoms with Crippen LogP contribution >= 0.6 is 11.3 Å². The largest absolute Gasteiger partial charge is 0.342 e. The van der Waals surface area contributed by atoms with Crippen LogP contribution in [-0.2, 0) is 22.4 Å². The predicted molar refractivity (Wildman–Crippen MR) is 102 cm³/mol. The molecule has 1 N–H and O–H groups in total. The Bertz CT molecular complexity index is 789. The first-order valence-electron chi connectivity index (χ1n) is 9.00. The van der Waals surface area contributed by atoms with Gasteiger partial charge in [-0.25, -0.2) is 9.97 Å². The highest BCUT2D eigenvalue weighted by Crippen LogP contribution is 2.20. The summed E-state index contributed by atoms with van der Waals surface area (Å²) in [5.74, 6) is 0.344. The van der Waals surface area contributed by atoms with Gasteiger partial charge in [-0.2, -0.15) is 0 Å². The summed E-state index contributed by atoms with van der Waals surface area (Å²) in [5.41, 5.74) is 1.69. The number of piperidine rings is 1. The second kappa shape index (κ2) is 8.40. The molecule has 0 spiro atoms. The van der Waals surface area contributed by atoms with Crippen LogP contribution in [0.4, 0.5) is 5.82 Å². The topological polar surface area (TPSA) is 75.2 Å². The minimum absolute atomic E-state index is 0.0455. The lowest BCUT2D eigenvalue weighted by Gasteiger charge is -2.32. The number of hydrogen-bond donors (Lipinski definition) is 1. The zero-order valence-electron chi connectivity index (χ0n) is 15.2. The summed E-state index contributed by atoms with van der Waals surface area (Å²) < 4.78 is 0. The fourth-order valence-corrected chi connectivity index (χ4v) is 3.86. The fraction of sp³-hybridized carbons (Fsp3) is 0.474. The molecule has 1 aliphatic heterocycles. The molecule has 0 bridgehead atoms. The molecular formula is C19H24N4O2S. The number of hydrogen-bond acceptors (Lipinski definition) is 5. The van der Waals surface area contributed by atoms with Crippen molar-refractivity contribution in [3.8, 4) is 0 Å². The molecule has 0 aliphatic carbocycles. The van der Waals surface area contributed by atoms with Crippen LogP contribution in [0, 0.1) is 12.8 Å². The van der Waals surface area contributed by atoms with Crippen molar-refractivity contribution in [1.29, 1.82) is 0 Å². The Labute approximate surface area is 157 Å². The highest BCUT2D eigenvalue weighted by molar-refractivity contribution is 7.09. The van der Waals surface area contributed by atoms with Gasteiger partial charge in [0, 0.05) is 24.2 Å². The quantitative estimate of drug-likeness (QED) is 0.876. The molecule has 2 aromatic heterocycles. The second-order valence-corrected chi connectivity index (χ2v) is 7.54. The van der Waals surface area contributed by atoms with Crippen molar-refractivity contribution >= 4 is 29.0 Å². The number of likely N-dealkylation sites (tertiary alicyclic amines) is 1. The van der Waals surface area contributed by atoms with Crippen LogP contribution in [-0.4, -0.2) is 39.8 Å². The number of aryl methyl sites for hydroxylation is 2. The molecule has 3 heterocycles. The molecular weight excluding hydrogens is 348 g/mol. The first-order valence-corrected chi connectivity index (χ1v) is 9.88. The second-order valence-electron chi connectivity index (χ2n) is 6.60. The number of nitrogens with zero attached hydrogens (tertiary/aromatic N) is 3. The number of amides is 2.